The van der Waals surface area contributed by atoms with Crippen LogP contribution in [0.3, 0.4) is 0 Å². The number of carbonyl (C=O) groups excluding carboxylic acids is 1. The predicted octanol–water partition coefficient (Wildman–Crippen LogP) is 2.85. The van der Waals surface area contributed by atoms with Crippen molar-refractivity contribution in [2.45, 2.75) is 12.8 Å². The van der Waals surface area contributed by atoms with E-state index in [1.165, 1.54) is 0 Å². The number of anilines is 2. The van der Waals surface area contributed by atoms with E-state index in [1.807, 2.05) is 36.4 Å². The Morgan fingerprint density at radius 1 is 1.20 bits per heavy atom. The molecule has 20 heavy (non-hydrogen) atoms. The first-order valence-electron chi connectivity index (χ1n) is 6.46. The molecule has 0 aliphatic heterocycles. The van der Waals surface area contributed by atoms with Crippen LogP contribution in [0.4, 0.5) is 11.4 Å². The summed E-state index contributed by atoms with van der Waals surface area (Å²) in [5, 5.41) is 2.83. The number of hydrogen-bond acceptors (Lipinski definition) is 3. The van der Waals surface area contributed by atoms with Crippen LogP contribution in [0.5, 0.6) is 5.75 Å². The van der Waals surface area contributed by atoms with E-state index in [-0.39, 0.29) is 5.91 Å². The summed E-state index contributed by atoms with van der Waals surface area (Å²) in [7, 11) is 1.63. The molecule has 2 aromatic rings. The number of carbonyl (C=O) groups is 1. The number of amides is 1. The molecule has 0 radical (unpaired) electrons. The van der Waals surface area contributed by atoms with E-state index in [0.717, 1.165) is 17.0 Å². The Morgan fingerprint density at radius 3 is 2.60 bits per heavy atom. The number of nitrogen functional groups attached to an aromatic ring is 1. The molecule has 0 aliphatic rings. The van der Waals surface area contributed by atoms with Gasteiger partial charge in [0.25, 0.3) is 0 Å². The van der Waals surface area contributed by atoms with Crippen molar-refractivity contribution in [2.75, 3.05) is 18.2 Å². The van der Waals surface area contributed by atoms with E-state index < -0.39 is 0 Å². The first kappa shape index (κ1) is 13.9. The molecule has 2 aromatic carbocycles. The topological polar surface area (TPSA) is 64.3 Å². The highest BCUT2D eigenvalue weighted by Gasteiger charge is 2.03. The summed E-state index contributed by atoms with van der Waals surface area (Å²) in [6.07, 6.45) is 1.12. The molecular weight excluding hydrogens is 252 g/mol. The van der Waals surface area contributed by atoms with Gasteiger partial charge in [0.15, 0.2) is 0 Å². The van der Waals surface area contributed by atoms with Crippen molar-refractivity contribution in [3.05, 3.63) is 54.1 Å². The van der Waals surface area contributed by atoms with Crippen molar-refractivity contribution in [1.29, 1.82) is 0 Å². The molecule has 0 bridgehead atoms. The highest BCUT2D eigenvalue weighted by Crippen LogP contribution is 2.14. The zero-order valence-corrected chi connectivity index (χ0v) is 11.4. The zero-order chi connectivity index (χ0) is 14.4. The fraction of sp³-hybridized carbons (Fsp3) is 0.188. The van der Waals surface area contributed by atoms with Crippen molar-refractivity contribution in [3.63, 3.8) is 0 Å². The van der Waals surface area contributed by atoms with E-state index in [4.69, 9.17) is 10.5 Å². The summed E-state index contributed by atoms with van der Waals surface area (Å²) in [6, 6.07) is 14.9. The van der Waals surface area contributed by atoms with Gasteiger partial charge < -0.3 is 15.8 Å². The van der Waals surface area contributed by atoms with Gasteiger partial charge in [0, 0.05) is 17.8 Å². The lowest BCUT2D eigenvalue weighted by Gasteiger charge is -2.06. The molecule has 0 atom stereocenters. The molecule has 0 fully saturated rings. The number of hydrogen-bond donors (Lipinski definition) is 2. The van der Waals surface area contributed by atoms with Crippen LogP contribution < -0.4 is 15.8 Å². The second kappa shape index (κ2) is 6.61. The van der Waals surface area contributed by atoms with Gasteiger partial charge in [-0.2, -0.15) is 0 Å². The van der Waals surface area contributed by atoms with E-state index in [0.29, 0.717) is 18.5 Å². The molecule has 4 nitrogen and oxygen atoms in total. The lowest BCUT2D eigenvalue weighted by molar-refractivity contribution is -0.116. The number of rotatable bonds is 5. The molecule has 4 heteroatoms. The Morgan fingerprint density at radius 2 is 1.95 bits per heavy atom. The fourth-order valence-electron chi connectivity index (χ4n) is 1.89. The van der Waals surface area contributed by atoms with Gasteiger partial charge in [-0.05, 0) is 42.3 Å². The second-order valence-electron chi connectivity index (χ2n) is 4.52. The van der Waals surface area contributed by atoms with Crippen molar-refractivity contribution >= 4 is 17.3 Å². The maximum Gasteiger partial charge on any atom is 0.224 e. The summed E-state index contributed by atoms with van der Waals surface area (Å²) >= 11 is 0. The number of methoxy groups -OCH3 is 1. The molecule has 0 unspecified atom stereocenters. The predicted molar refractivity (Wildman–Crippen MR) is 80.8 cm³/mol. The summed E-state index contributed by atoms with van der Waals surface area (Å²) in [5.74, 6) is 0.796. The molecule has 3 N–H and O–H groups in total. The van der Waals surface area contributed by atoms with Gasteiger partial charge in [0.1, 0.15) is 5.75 Å². The van der Waals surface area contributed by atoms with Gasteiger partial charge in [-0.25, -0.2) is 0 Å². The van der Waals surface area contributed by atoms with Crippen molar-refractivity contribution in [2.24, 2.45) is 0 Å². The van der Waals surface area contributed by atoms with Crippen LogP contribution in [0.2, 0.25) is 0 Å². The van der Waals surface area contributed by atoms with Gasteiger partial charge in [-0.1, -0.05) is 18.2 Å². The third-order valence-electron chi connectivity index (χ3n) is 2.97. The largest absolute Gasteiger partial charge is 0.497 e. The number of ether oxygens (including phenoxy) is 1. The average molecular weight is 270 g/mol. The Hall–Kier alpha value is -2.49. The molecule has 0 heterocycles. The summed E-state index contributed by atoms with van der Waals surface area (Å²) in [6.45, 7) is 0. The van der Waals surface area contributed by atoms with Crippen LogP contribution in [0.1, 0.15) is 12.0 Å². The molecule has 2 rings (SSSR count). The Labute approximate surface area is 118 Å². The van der Waals surface area contributed by atoms with Crippen molar-refractivity contribution < 1.29 is 9.53 Å². The first-order chi connectivity index (χ1) is 9.67. The van der Waals surface area contributed by atoms with Crippen LogP contribution in [0.25, 0.3) is 0 Å². The van der Waals surface area contributed by atoms with Gasteiger partial charge in [-0.15, -0.1) is 0 Å². The number of nitrogens with two attached hydrogens (primary N) is 1. The number of aryl methyl sites for hydroxylation is 1. The monoisotopic (exact) mass is 270 g/mol. The molecule has 104 valence electrons. The highest BCUT2D eigenvalue weighted by atomic mass is 16.5. The van der Waals surface area contributed by atoms with E-state index in [1.54, 1.807) is 19.2 Å². The minimum Gasteiger partial charge on any atom is -0.497 e. The SMILES string of the molecule is COc1ccc(CCC(=O)Nc2cccc(N)c2)cc1. The highest BCUT2D eigenvalue weighted by molar-refractivity contribution is 5.91. The fourth-order valence-corrected chi connectivity index (χ4v) is 1.89. The smallest absolute Gasteiger partial charge is 0.224 e. The molecule has 1 amide bonds. The summed E-state index contributed by atoms with van der Waals surface area (Å²) in [4.78, 5) is 11.8. The van der Waals surface area contributed by atoms with Gasteiger partial charge in [0.05, 0.1) is 7.11 Å². The Kier molecular flexibility index (Phi) is 4.60. The molecule has 0 aliphatic carbocycles. The Balaban J connectivity index is 1.85. The van der Waals surface area contributed by atoms with Crippen LogP contribution in [0.15, 0.2) is 48.5 Å². The van der Waals surface area contributed by atoms with E-state index in [2.05, 4.69) is 5.32 Å². The Bertz CT molecular complexity index is 579. The second-order valence-corrected chi connectivity index (χ2v) is 4.52. The van der Waals surface area contributed by atoms with Crippen molar-refractivity contribution in [3.8, 4) is 5.75 Å². The maximum absolute atomic E-state index is 11.8. The number of benzene rings is 2. The summed E-state index contributed by atoms with van der Waals surface area (Å²) in [5.41, 5.74) is 8.13. The van der Waals surface area contributed by atoms with E-state index >= 15 is 0 Å². The van der Waals surface area contributed by atoms with Crippen LogP contribution >= 0.6 is 0 Å². The van der Waals surface area contributed by atoms with Crippen LogP contribution in [-0.4, -0.2) is 13.0 Å². The molecule has 0 saturated carbocycles. The lowest BCUT2D eigenvalue weighted by atomic mass is 10.1. The zero-order valence-electron chi connectivity index (χ0n) is 11.4. The quantitative estimate of drug-likeness (QED) is 0.821. The third kappa shape index (κ3) is 4.02. The van der Waals surface area contributed by atoms with E-state index in [9.17, 15) is 4.79 Å². The normalized spacial score (nSPS) is 10.1. The maximum atomic E-state index is 11.8. The molecule has 0 saturated heterocycles. The number of nitrogens with one attached hydrogen (secondary N) is 1. The minimum atomic E-state index is -0.0218. The van der Waals surface area contributed by atoms with Crippen LogP contribution in [-0.2, 0) is 11.2 Å². The lowest BCUT2D eigenvalue weighted by Crippen LogP contribution is -2.12. The molecule has 0 spiro atoms. The van der Waals surface area contributed by atoms with Crippen molar-refractivity contribution in [1.82, 2.24) is 0 Å². The standard InChI is InChI=1S/C16H18N2O2/c1-20-15-8-5-12(6-9-15)7-10-16(19)18-14-4-2-3-13(17)11-14/h2-6,8-9,11H,7,10,17H2,1H3,(H,18,19). The third-order valence-corrected chi connectivity index (χ3v) is 2.97. The summed E-state index contributed by atoms with van der Waals surface area (Å²) < 4.78 is 5.09. The minimum absolute atomic E-state index is 0.0218. The van der Waals surface area contributed by atoms with Crippen LogP contribution in [0, 0.1) is 0 Å². The molecule has 0 aromatic heterocycles. The van der Waals surface area contributed by atoms with Gasteiger partial charge >= 0.3 is 0 Å². The van der Waals surface area contributed by atoms with Gasteiger partial charge in [0.2, 0.25) is 5.91 Å². The molecular formula is C16H18N2O2. The first-order valence-corrected chi connectivity index (χ1v) is 6.46. The van der Waals surface area contributed by atoms with Gasteiger partial charge in [-0.3, -0.25) is 4.79 Å². The average Bonchev–Trinajstić information content (AvgIpc) is 2.46.